The number of hydrogen-bond acceptors (Lipinski definition) is 5. The largest absolute Gasteiger partial charge is 0.352 e. The predicted molar refractivity (Wildman–Crippen MR) is 91.8 cm³/mol. The molecule has 0 bridgehead atoms. The highest BCUT2D eigenvalue weighted by atomic mass is 79.9. The third-order valence-electron chi connectivity index (χ3n) is 3.33. The molecule has 0 unspecified atom stereocenters. The lowest BCUT2D eigenvalue weighted by Gasteiger charge is -2.04. The van der Waals surface area contributed by atoms with Crippen LogP contribution >= 0.6 is 15.9 Å². The second-order valence-electron chi connectivity index (χ2n) is 5.16. The lowest BCUT2D eigenvalue weighted by Crippen LogP contribution is -2.23. The summed E-state index contributed by atoms with van der Waals surface area (Å²) in [5.41, 5.74) is 1.82. The Hall–Kier alpha value is -2.54. The summed E-state index contributed by atoms with van der Waals surface area (Å²) in [5.74, 6) is 0.857. The van der Waals surface area contributed by atoms with Crippen LogP contribution in [-0.2, 0) is 17.8 Å². The van der Waals surface area contributed by atoms with Gasteiger partial charge < -0.3 is 9.84 Å². The molecule has 0 fully saturated rings. The molecule has 0 aliphatic carbocycles. The Bertz CT molecular complexity index is 820. The predicted octanol–water partition coefficient (Wildman–Crippen LogP) is 3.14. The highest BCUT2D eigenvalue weighted by Gasteiger charge is 2.10. The summed E-state index contributed by atoms with van der Waals surface area (Å²) in [6.45, 7) is 0.489. The van der Waals surface area contributed by atoms with E-state index < -0.39 is 0 Å². The summed E-state index contributed by atoms with van der Waals surface area (Å²) in [4.78, 5) is 20.2. The van der Waals surface area contributed by atoms with Crippen LogP contribution < -0.4 is 5.32 Å². The average Bonchev–Trinajstić information content (AvgIpc) is 3.08. The normalized spacial score (nSPS) is 10.5. The van der Waals surface area contributed by atoms with Crippen LogP contribution in [0.25, 0.3) is 11.4 Å². The van der Waals surface area contributed by atoms with E-state index in [2.05, 4.69) is 36.4 Å². The van der Waals surface area contributed by atoms with Crippen molar-refractivity contribution in [2.24, 2.45) is 0 Å². The molecule has 1 N–H and O–H groups in total. The summed E-state index contributed by atoms with van der Waals surface area (Å²) >= 11 is 3.41. The highest BCUT2D eigenvalue weighted by Crippen LogP contribution is 2.14. The Kier molecular flexibility index (Phi) is 5.32. The summed E-state index contributed by atoms with van der Waals surface area (Å²) < 4.78 is 6.16. The molecular weight excluding hydrogens is 372 g/mol. The smallest absolute Gasteiger partial charge is 0.227 e. The molecule has 6 nitrogen and oxygen atoms in total. The number of aryl methyl sites for hydroxylation is 1. The Morgan fingerprint density at radius 2 is 2.17 bits per heavy atom. The molecule has 2 heterocycles. The van der Waals surface area contributed by atoms with E-state index in [1.165, 1.54) is 0 Å². The van der Waals surface area contributed by atoms with Crippen molar-refractivity contribution >= 4 is 21.8 Å². The van der Waals surface area contributed by atoms with E-state index in [1.54, 1.807) is 18.5 Å². The highest BCUT2D eigenvalue weighted by molar-refractivity contribution is 9.10. The molecule has 2 aromatic heterocycles. The molecule has 122 valence electrons. The lowest BCUT2D eigenvalue weighted by molar-refractivity contribution is -0.121. The minimum atomic E-state index is -0.0592. The van der Waals surface area contributed by atoms with Crippen molar-refractivity contribution in [3.05, 3.63) is 64.7 Å². The number of benzene rings is 1. The third kappa shape index (κ3) is 4.48. The van der Waals surface area contributed by atoms with Crippen LogP contribution in [0.1, 0.15) is 17.9 Å². The van der Waals surface area contributed by atoms with E-state index in [9.17, 15) is 4.79 Å². The van der Waals surface area contributed by atoms with Gasteiger partial charge in [0, 0.05) is 41.8 Å². The molecule has 0 spiro atoms. The fourth-order valence-electron chi connectivity index (χ4n) is 2.13. The van der Waals surface area contributed by atoms with Gasteiger partial charge in [-0.2, -0.15) is 4.98 Å². The van der Waals surface area contributed by atoms with Gasteiger partial charge in [0.1, 0.15) is 0 Å². The van der Waals surface area contributed by atoms with Crippen molar-refractivity contribution in [1.29, 1.82) is 0 Å². The number of carbonyl (C=O) groups is 1. The zero-order valence-electron chi connectivity index (χ0n) is 12.8. The van der Waals surface area contributed by atoms with Crippen LogP contribution in [0, 0.1) is 0 Å². The number of aromatic nitrogens is 3. The number of rotatable bonds is 6. The molecule has 3 aromatic rings. The first-order valence-electron chi connectivity index (χ1n) is 7.45. The first-order chi connectivity index (χ1) is 11.7. The van der Waals surface area contributed by atoms with Crippen LogP contribution in [-0.4, -0.2) is 21.0 Å². The van der Waals surface area contributed by atoms with Crippen molar-refractivity contribution < 1.29 is 9.32 Å². The van der Waals surface area contributed by atoms with E-state index in [0.717, 1.165) is 15.6 Å². The van der Waals surface area contributed by atoms with E-state index in [-0.39, 0.29) is 5.91 Å². The van der Waals surface area contributed by atoms with Crippen LogP contribution in [0.5, 0.6) is 0 Å². The number of halogens is 1. The zero-order valence-corrected chi connectivity index (χ0v) is 14.4. The zero-order chi connectivity index (χ0) is 16.8. The Morgan fingerprint density at radius 3 is 2.96 bits per heavy atom. The summed E-state index contributed by atoms with van der Waals surface area (Å²) in [5, 5.41) is 6.78. The maximum Gasteiger partial charge on any atom is 0.227 e. The number of nitrogens with one attached hydrogen (secondary N) is 1. The molecule has 0 aliphatic heterocycles. The number of amides is 1. The van der Waals surface area contributed by atoms with Gasteiger partial charge in [0.25, 0.3) is 0 Å². The van der Waals surface area contributed by atoms with E-state index >= 15 is 0 Å². The average molecular weight is 387 g/mol. The molecule has 7 heteroatoms. The molecule has 0 radical (unpaired) electrons. The van der Waals surface area contributed by atoms with E-state index in [1.807, 2.05) is 30.3 Å². The summed E-state index contributed by atoms with van der Waals surface area (Å²) in [6.07, 6.45) is 4.04. The molecular formula is C17H15BrN4O2. The molecule has 24 heavy (non-hydrogen) atoms. The van der Waals surface area contributed by atoms with Crippen molar-refractivity contribution in [1.82, 2.24) is 20.4 Å². The van der Waals surface area contributed by atoms with Gasteiger partial charge in [0.05, 0.1) is 0 Å². The molecule has 0 aliphatic rings. The molecule has 0 atom stereocenters. The van der Waals surface area contributed by atoms with Crippen molar-refractivity contribution in [2.75, 3.05) is 0 Å². The monoisotopic (exact) mass is 386 g/mol. The van der Waals surface area contributed by atoms with Gasteiger partial charge in [0.15, 0.2) is 0 Å². The van der Waals surface area contributed by atoms with E-state index in [0.29, 0.717) is 31.1 Å². The SMILES string of the molecule is O=C(CCc1nc(-c2cccnc2)no1)NCc1cccc(Br)c1. The van der Waals surface area contributed by atoms with Gasteiger partial charge in [-0.15, -0.1) is 0 Å². The molecule has 3 rings (SSSR count). The molecule has 0 saturated heterocycles. The number of pyridine rings is 1. The minimum Gasteiger partial charge on any atom is -0.352 e. The van der Waals surface area contributed by atoms with Gasteiger partial charge in [-0.3, -0.25) is 9.78 Å². The van der Waals surface area contributed by atoms with Crippen molar-refractivity contribution in [3.63, 3.8) is 0 Å². The second kappa shape index (κ2) is 7.83. The summed E-state index contributed by atoms with van der Waals surface area (Å²) in [6, 6.07) is 11.5. The lowest BCUT2D eigenvalue weighted by atomic mass is 10.2. The fraction of sp³-hybridized carbons (Fsp3) is 0.176. The third-order valence-corrected chi connectivity index (χ3v) is 3.83. The van der Waals surface area contributed by atoms with E-state index in [4.69, 9.17) is 4.52 Å². The Balaban J connectivity index is 1.49. The van der Waals surface area contributed by atoms with Crippen molar-refractivity contribution in [2.45, 2.75) is 19.4 Å². The standard InChI is InChI=1S/C17H15BrN4O2/c18-14-5-1-3-12(9-14)10-20-15(23)6-7-16-21-17(22-24-16)13-4-2-8-19-11-13/h1-5,8-9,11H,6-7,10H2,(H,20,23). The number of nitrogens with zero attached hydrogens (tertiary/aromatic N) is 3. The van der Waals surface area contributed by atoms with Crippen LogP contribution in [0.4, 0.5) is 0 Å². The molecule has 0 saturated carbocycles. The van der Waals surface area contributed by atoms with Crippen molar-refractivity contribution in [3.8, 4) is 11.4 Å². The van der Waals surface area contributed by atoms with Crippen LogP contribution in [0.2, 0.25) is 0 Å². The summed E-state index contributed by atoms with van der Waals surface area (Å²) in [7, 11) is 0. The minimum absolute atomic E-state index is 0.0592. The molecule has 1 aromatic carbocycles. The topological polar surface area (TPSA) is 80.9 Å². The quantitative estimate of drug-likeness (QED) is 0.703. The Labute approximate surface area is 147 Å². The maximum absolute atomic E-state index is 11.9. The first kappa shape index (κ1) is 16.3. The van der Waals surface area contributed by atoms with Gasteiger partial charge in [-0.1, -0.05) is 33.2 Å². The fourth-order valence-corrected chi connectivity index (χ4v) is 2.57. The van der Waals surface area contributed by atoms with Gasteiger partial charge in [0.2, 0.25) is 17.6 Å². The number of hydrogen-bond donors (Lipinski definition) is 1. The second-order valence-corrected chi connectivity index (χ2v) is 6.08. The number of carbonyl (C=O) groups excluding carboxylic acids is 1. The van der Waals surface area contributed by atoms with Gasteiger partial charge in [-0.05, 0) is 29.8 Å². The molecule has 1 amide bonds. The van der Waals surface area contributed by atoms with Crippen LogP contribution in [0.15, 0.2) is 57.8 Å². The van der Waals surface area contributed by atoms with Gasteiger partial charge in [-0.25, -0.2) is 0 Å². The van der Waals surface area contributed by atoms with Gasteiger partial charge >= 0.3 is 0 Å². The van der Waals surface area contributed by atoms with Crippen LogP contribution in [0.3, 0.4) is 0 Å². The Morgan fingerprint density at radius 1 is 1.25 bits per heavy atom. The first-order valence-corrected chi connectivity index (χ1v) is 8.24. The maximum atomic E-state index is 11.9.